The minimum absolute atomic E-state index is 0.0817. The van der Waals surface area contributed by atoms with E-state index in [1.165, 1.54) is 11.3 Å². The molecule has 1 aliphatic heterocycles. The van der Waals surface area contributed by atoms with Gasteiger partial charge in [-0.15, -0.1) is 22.7 Å². The Morgan fingerprint density at radius 1 is 1.14 bits per heavy atom. The molecule has 186 valence electrons. The topological polar surface area (TPSA) is 101 Å². The van der Waals surface area contributed by atoms with Crippen LogP contribution in [-0.2, 0) is 27.3 Å². The highest BCUT2D eigenvalue weighted by atomic mass is 32.1. The quantitative estimate of drug-likeness (QED) is 0.473. The molecule has 4 rings (SSSR count). The molecular weight excluding hydrogens is 484 g/mol. The van der Waals surface area contributed by atoms with Gasteiger partial charge in [0.1, 0.15) is 15.6 Å². The van der Waals surface area contributed by atoms with Crippen LogP contribution in [0.4, 0.5) is 9.80 Å². The zero-order valence-electron chi connectivity index (χ0n) is 20.4. The van der Waals surface area contributed by atoms with Crippen molar-refractivity contribution >= 4 is 55.8 Å². The van der Waals surface area contributed by atoms with Crippen LogP contribution in [-0.4, -0.2) is 46.5 Å². The third kappa shape index (κ3) is 5.99. The van der Waals surface area contributed by atoms with E-state index in [9.17, 15) is 14.4 Å². The van der Waals surface area contributed by atoms with Crippen LogP contribution < -0.4 is 10.6 Å². The standard InChI is InChI=1S/C25H30N4O4S2/c1-5-19(30)26-12-10-20(31)28-23-21(22-27-16-8-6-7-9-17(16)34-22)15-11-13-29(14-18(15)35-23)24(32)33-25(2,3)4/h6-9H,5,10-14H2,1-4H3,(H,26,30)(H,28,31). The van der Waals surface area contributed by atoms with E-state index in [1.54, 1.807) is 23.2 Å². The van der Waals surface area contributed by atoms with Crippen LogP contribution in [0.15, 0.2) is 24.3 Å². The lowest BCUT2D eigenvalue weighted by atomic mass is 10.0. The van der Waals surface area contributed by atoms with Gasteiger partial charge in [-0.25, -0.2) is 9.78 Å². The smallest absolute Gasteiger partial charge is 0.410 e. The zero-order valence-corrected chi connectivity index (χ0v) is 22.0. The van der Waals surface area contributed by atoms with Crippen molar-refractivity contribution in [2.45, 2.75) is 59.1 Å². The van der Waals surface area contributed by atoms with E-state index in [2.05, 4.69) is 10.6 Å². The highest BCUT2D eigenvalue weighted by Crippen LogP contribution is 2.45. The second kappa shape index (κ2) is 10.3. The minimum Gasteiger partial charge on any atom is -0.444 e. The Morgan fingerprint density at radius 2 is 1.91 bits per heavy atom. The molecule has 0 saturated carbocycles. The number of amides is 3. The maximum Gasteiger partial charge on any atom is 0.410 e. The number of carbonyl (C=O) groups is 3. The van der Waals surface area contributed by atoms with Crippen LogP contribution in [0.3, 0.4) is 0 Å². The van der Waals surface area contributed by atoms with Crippen LogP contribution in [0.25, 0.3) is 20.8 Å². The molecule has 0 spiro atoms. The van der Waals surface area contributed by atoms with Gasteiger partial charge in [0.05, 0.1) is 16.8 Å². The molecule has 0 bridgehead atoms. The summed E-state index contributed by atoms with van der Waals surface area (Å²) in [7, 11) is 0. The lowest BCUT2D eigenvalue weighted by Crippen LogP contribution is -2.39. The molecular formula is C25H30N4O4S2. The molecule has 35 heavy (non-hydrogen) atoms. The van der Waals surface area contributed by atoms with Gasteiger partial charge < -0.3 is 20.3 Å². The fourth-order valence-electron chi connectivity index (χ4n) is 3.81. The van der Waals surface area contributed by atoms with E-state index in [0.29, 0.717) is 25.9 Å². The van der Waals surface area contributed by atoms with E-state index < -0.39 is 5.60 Å². The van der Waals surface area contributed by atoms with E-state index in [1.807, 2.05) is 45.0 Å². The number of nitrogens with one attached hydrogen (secondary N) is 2. The van der Waals surface area contributed by atoms with Crippen molar-refractivity contribution in [3.63, 3.8) is 0 Å². The average molecular weight is 515 g/mol. The van der Waals surface area contributed by atoms with Gasteiger partial charge in [0.2, 0.25) is 11.8 Å². The fraction of sp³-hybridized carbons (Fsp3) is 0.440. The number of ether oxygens (including phenoxy) is 1. The predicted molar refractivity (Wildman–Crippen MR) is 140 cm³/mol. The number of carbonyl (C=O) groups excluding carboxylic acids is 3. The van der Waals surface area contributed by atoms with Crippen molar-refractivity contribution in [2.24, 2.45) is 0 Å². The van der Waals surface area contributed by atoms with E-state index in [4.69, 9.17) is 9.72 Å². The Balaban J connectivity index is 1.62. The lowest BCUT2D eigenvalue weighted by molar-refractivity contribution is -0.121. The van der Waals surface area contributed by atoms with E-state index >= 15 is 0 Å². The highest BCUT2D eigenvalue weighted by Gasteiger charge is 2.31. The number of hydrogen-bond acceptors (Lipinski definition) is 7. The number of para-hydroxylation sites is 1. The van der Waals surface area contributed by atoms with Crippen molar-refractivity contribution in [3.8, 4) is 10.6 Å². The fourth-order valence-corrected chi connectivity index (χ4v) is 6.20. The first kappa shape index (κ1) is 25.1. The third-order valence-electron chi connectivity index (χ3n) is 5.46. The molecule has 3 aromatic rings. The average Bonchev–Trinajstić information content (AvgIpc) is 3.37. The number of anilines is 1. The number of benzene rings is 1. The third-order valence-corrected chi connectivity index (χ3v) is 7.65. The largest absolute Gasteiger partial charge is 0.444 e. The van der Waals surface area contributed by atoms with Gasteiger partial charge in [-0.05, 0) is 44.9 Å². The van der Waals surface area contributed by atoms with Crippen LogP contribution >= 0.6 is 22.7 Å². The molecule has 2 aromatic heterocycles. The Morgan fingerprint density at radius 3 is 2.63 bits per heavy atom. The van der Waals surface area contributed by atoms with Gasteiger partial charge in [-0.3, -0.25) is 9.59 Å². The summed E-state index contributed by atoms with van der Waals surface area (Å²) in [6.45, 7) is 8.58. The molecule has 10 heteroatoms. The molecule has 8 nitrogen and oxygen atoms in total. The Kier molecular flexibility index (Phi) is 7.42. The van der Waals surface area contributed by atoms with Crippen molar-refractivity contribution in [3.05, 3.63) is 34.7 Å². The highest BCUT2D eigenvalue weighted by molar-refractivity contribution is 7.22. The number of nitrogens with zero attached hydrogens (tertiary/aromatic N) is 2. The summed E-state index contributed by atoms with van der Waals surface area (Å²) < 4.78 is 6.65. The second-order valence-corrected chi connectivity index (χ2v) is 11.5. The maximum absolute atomic E-state index is 12.7. The van der Waals surface area contributed by atoms with Gasteiger partial charge in [0.15, 0.2) is 0 Å². The maximum atomic E-state index is 12.7. The van der Waals surface area contributed by atoms with Crippen molar-refractivity contribution in [1.29, 1.82) is 0 Å². The van der Waals surface area contributed by atoms with Crippen LogP contribution in [0, 0.1) is 0 Å². The summed E-state index contributed by atoms with van der Waals surface area (Å²) in [5, 5.41) is 7.36. The van der Waals surface area contributed by atoms with Crippen molar-refractivity contribution < 1.29 is 19.1 Å². The van der Waals surface area contributed by atoms with Gasteiger partial charge in [0.25, 0.3) is 0 Å². The van der Waals surface area contributed by atoms with Crippen molar-refractivity contribution in [1.82, 2.24) is 15.2 Å². The first-order valence-corrected chi connectivity index (χ1v) is 13.3. The number of aromatic nitrogens is 1. The molecule has 0 aliphatic carbocycles. The molecule has 3 amide bonds. The van der Waals surface area contributed by atoms with E-state index in [0.717, 1.165) is 36.2 Å². The molecule has 0 fully saturated rings. The first-order chi connectivity index (χ1) is 16.6. The SMILES string of the molecule is CCC(=O)NCCC(=O)Nc1sc2c(c1-c1nc3ccccc3s1)CCN(C(=O)OC(C)(C)C)C2. The van der Waals surface area contributed by atoms with Crippen LogP contribution in [0.1, 0.15) is 51.0 Å². The molecule has 0 saturated heterocycles. The number of thiazole rings is 1. The predicted octanol–water partition coefficient (Wildman–Crippen LogP) is 5.17. The summed E-state index contributed by atoms with van der Waals surface area (Å²) in [4.78, 5) is 44.5. The second-order valence-electron chi connectivity index (χ2n) is 9.35. The molecule has 0 unspecified atom stereocenters. The van der Waals surface area contributed by atoms with Crippen LogP contribution in [0.2, 0.25) is 0 Å². The Bertz CT molecular complexity index is 1230. The summed E-state index contributed by atoms with van der Waals surface area (Å²) >= 11 is 3.07. The van der Waals surface area contributed by atoms with Crippen LogP contribution in [0.5, 0.6) is 0 Å². The van der Waals surface area contributed by atoms with Gasteiger partial charge >= 0.3 is 6.09 Å². The Labute approximate surface area is 212 Å². The molecule has 2 N–H and O–H groups in total. The number of hydrogen-bond donors (Lipinski definition) is 2. The summed E-state index contributed by atoms with van der Waals surface area (Å²) in [6.07, 6.45) is 0.876. The van der Waals surface area contributed by atoms with Gasteiger partial charge in [-0.1, -0.05) is 19.1 Å². The summed E-state index contributed by atoms with van der Waals surface area (Å²) in [6, 6.07) is 7.96. The van der Waals surface area contributed by atoms with E-state index in [-0.39, 0.29) is 30.9 Å². The lowest BCUT2D eigenvalue weighted by Gasteiger charge is -2.30. The first-order valence-electron chi connectivity index (χ1n) is 11.7. The normalized spacial score (nSPS) is 13.4. The molecule has 1 aliphatic rings. The molecule has 3 heterocycles. The zero-order chi connectivity index (χ0) is 25.2. The van der Waals surface area contributed by atoms with Crippen molar-refractivity contribution in [2.75, 3.05) is 18.4 Å². The minimum atomic E-state index is -0.564. The molecule has 1 aromatic carbocycles. The number of fused-ring (bicyclic) bond motifs is 2. The van der Waals surface area contributed by atoms with Gasteiger partial charge in [0, 0.05) is 36.4 Å². The summed E-state index contributed by atoms with van der Waals surface area (Å²) in [5.74, 6) is -0.256. The monoisotopic (exact) mass is 514 g/mol. The Hall–Kier alpha value is -2.98. The summed E-state index contributed by atoms with van der Waals surface area (Å²) in [5.41, 5.74) is 2.40. The number of thiophene rings is 1. The molecule has 0 atom stereocenters. The number of rotatable bonds is 6. The van der Waals surface area contributed by atoms with Gasteiger partial charge in [-0.2, -0.15) is 0 Å². The molecule has 0 radical (unpaired) electrons.